The highest BCUT2D eigenvalue weighted by Gasteiger charge is 2.62. The molecule has 3 rings (SSSR count). The van der Waals surface area contributed by atoms with Crippen LogP contribution in [0.5, 0.6) is 0 Å². The first-order chi connectivity index (χ1) is 10.6. The topological polar surface area (TPSA) is 81.1 Å². The number of carboxylic acids is 1. The minimum Gasteiger partial charge on any atom is -0.481 e. The number of rotatable bonds is 6. The van der Waals surface area contributed by atoms with Gasteiger partial charge in [-0.2, -0.15) is 0 Å². The summed E-state index contributed by atoms with van der Waals surface area (Å²) in [7, 11) is 0. The molecule has 1 aliphatic carbocycles. The van der Waals surface area contributed by atoms with Gasteiger partial charge in [-0.05, 0) is 43.9 Å². The first kappa shape index (κ1) is 17.8. The standard InChI is InChI=1S/C16H18ClN3O2.ClH/c17-12-5-1-2-6-13(12)20-9-14(19-10-20)16(15(21)22)8-11(16)4-3-7-18;/h1-2,5-6,9-11H,3-4,7-8,18H2,(H,21,22);1H/t11-,16+;/m0./s1. The Balaban J connectivity index is 0.00000192. The quantitative estimate of drug-likeness (QED) is 0.834. The molecule has 1 aliphatic rings. The number of nitrogens with two attached hydrogens (primary N) is 1. The molecule has 0 aliphatic heterocycles. The van der Waals surface area contributed by atoms with Crippen molar-refractivity contribution in [3.05, 3.63) is 47.5 Å². The van der Waals surface area contributed by atoms with Gasteiger partial charge in [-0.25, -0.2) is 4.98 Å². The molecule has 1 aromatic carbocycles. The highest BCUT2D eigenvalue weighted by molar-refractivity contribution is 6.32. The summed E-state index contributed by atoms with van der Waals surface area (Å²) in [5.74, 6) is -0.693. The SMILES string of the molecule is Cl.NCCC[C@H]1C[C@]1(C(=O)O)c1cn(-c2ccccc2Cl)cn1. The summed E-state index contributed by atoms with van der Waals surface area (Å²) in [6.07, 6.45) is 5.69. The third-order valence-electron chi connectivity index (χ3n) is 4.41. The zero-order chi connectivity index (χ0) is 15.7. The Bertz CT molecular complexity index is 704. The Morgan fingerprint density at radius 2 is 2.22 bits per heavy atom. The predicted octanol–water partition coefficient (Wildman–Crippen LogP) is 3.03. The highest BCUT2D eigenvalue weighted by atomic mass is 35.5. The van der Waals surface area contributed by atoms with E-state index in [1.54, 1.807) is 23.2 Å². The molecule has 1 fully saturated rings. The van der Waals surface area contributed by atoms with Gasteiger partial charge < -0.3 is 15.4 Å². The second-order valence-corrected chi connectivity index (χ2v) is 6.13. The molecular formula is C16H19Cl2N3O2. The number of nitrogens with zero attached hydrogens (tertiary/aromatic N) is 2. The van der Waals surface area contributed by atoms with Gasteiger partial charge in [-0.3, -0.25) is 4.79 Å². The van der Waals surface area contributed by atoms with Gasteiger partial charge in [0.15, 0.2) is 0 Å². The summed E-state index contributed by atoms with van der Waals surface area (Å²) in [4.78, 5) is 16.1. The van der Waals surface area contributed by atoms with Crippen LogP contribution in [0.3, 0.4) is 0 Å². The fourth-order valence-electron chi connectivity index (χ4n) is 3.07. The third kappa shape index (κ3) is 3.09. The van der Waals surface area contributed by atoms with Crippen LogP contribution in [-0.2, 0) is 10.2 Å². The fraction of sp³-hybridized carbons (Fsp3) is 0.375. The van der Waals surface area contributed by atoms with E-state index in [2.05, 4.69) is 4.98 Å². The van der Waals surface area contributed by atoms with E-state index in [1.165, 1.54) is 0 Å². The Hall–Kier alpha value is -1.56. The fourth-order valence-corrected chi connectivity index (χ4v) is 3.31. The Morgan fingerprint density at radius 3 is 2.87 bits per heavy atom. The van der Waals surface area contributed by atoms with Gasteiger partial charge in [0.25, 0.3) is 0 Å². The van der Waals surface area contributed by atoms with Crippen molar-refractivity contribution in [2.24, 2.45) is 11.7 Å². The van der Waals surface area contributed by atoms with Gasteiger partial charge in [0.2, 0.25) is 0 Å². The molecular weight excluding hydrogens is 337 g/mol. The molecule has 7 heteroatoms. The molecule has 124 valence electrons. The lowest BCUT2D eigenvalue weighted by Gasteiger charge is -2.09. The number of imidazole rings is 1. The number of carboxylic acid groups (broad SMARTS) is 1. The Labute approximate surface area is 145 Å². The van der Waals surface area contributed by atoms with Crippen LogP contribution < -0.4 is 5.73 Å². The summed E-state index contributed by atoms with van der Waals surface area (Å²) in [5.41, 5.74) is 6.06. The zero-order valence-electron chi connectivity index (χ0n) is 12.5. The van der Waals surface area contributed by atoms with Crippen molar-refractivity contribution in [1.29, 1.82) is 0 Å². The highest BCUT2D eigenvalue weighted by Crippen LogP contribution is 2.56. The maximum Gasteiger partial charge on any atom is 0.316 e. The number of carbonyl (C=O) groups is 1. The Morgan fingerprint density at radius 1 is 1.48 bits per heavy atom. The third-order valence-corrected chi connectivity index (χ3v) is 4.73. The molecule has 0 amide bonds. The van der Waals surface area contributed by atoms with Gasteiger partial charge in [-0.15, -0.1) is 12.4 Å². The maximum atomic E-state index is 11.8. The van der Waals surface area contributed by atoms with Crippen LogP contribution in [0.4, 0.5) is 0 Å². The molecule has 1 saturated carbocycles. The van der Waals surface area contributed by atoms with Crippen LogP contribution in [0.1, 0.15) is 25.0 Å². The van der Waals surface area contributed by atoms with Crippen molar-refractivity contribution in [2.75, 3.05) is 6.54 Å². The lowest BCUT2D eigenvalue weighted by atomic mass is 9.98. The minimum absolute atomic E-state index is 0. The Kier molecular flexibility index (Phi) is 5.34. The van der Waals surface area contributed by atoms with Crippen molar-refractivity contribution in [3.8, 4) is 5.69 Å². The average Bonchev–Trinajstić information content (AvgIpc) is 3.04. The lowest BCUT2D eigenvalue weighted by Crippen LogP contribution is -2.23. The number of para-hydroxylation sites is 1. The zero-order valence-corrected chi connectivity index (χ0v) is 14.1. The smallest absolute Gasteiger partial charge is 0.316 e. The number of hydrogen-bond donors (Lipinski definition) is 2. The molecule has 0 spiro atoms. The molecule has 5 nitrogen and oxygen atoms in total. The van der Waals surface area contributed by atoms with E-state index in [4.69, 9.17) is 17.3 Å². The average molecular weight is 356 g/mol. The van der Waals surface area contributed by atoms with Gasteiger partial charge >= 0.3 is 5.97 Å². The van der Waals surface area contributed by atoms with Crippen LogP contribution in [0.2, 0.25) is 5.02 Å². The summed E-state index contributed by atoms with van der Waals surface area (Å²) in [6.45, 7) is 0.584. The number of hydrogen-bond acceptors (Lipinski definition) is 3. The van der Waals surface area contributed by atoms with Crippen molar-refractivity contribution in [3.63, 3.8) is 0 Å². The maximum absolute atomic E-state index is 11.8. The van der Waals surface area contributed by atoms with Crippen LogP contribution in [-0.4, -0.2) is 27.2 Å². The molecule has 3 N–H and O–H groups in total. The van der Waals surface area contributed by atoms with E-state index in [-0.39, 0.29) is 18.3 Å². The van der Waals surface area contributed by atoms with Crippen LogP contribution in [0, 0.1) is 5.92 Å². The second-order valence-electron chi connectivity index (χ2n) is 5.73. The molecule has 0 unspecified atom stereocenters. The summed E-state index contributed by atoms with van der Waals surface area (Å²) < 4.78 is 1.78. The first-order valence-corrected chi connectivity index (χ1v) is 7.70. The lowest BCUT2D eigenvalue weighted by molar-refractivity contribution is -0.140. The second kappa shape index (κ2) is 6.91. The van der Waals surface area contributed by atoms with Gasteiger partial charge in [0, 0.05) is 6.20 Å². The normalized spacial score (nSPS) is 22.4. The predicted molar refractivity (Wildman–Crippen MR) is 91.5 cm³/mol. The summed E-state index contributed by atoms with van der Waals surface area (Å²) in [5, 5.41) is 10.3. The first-order valence-electron chi connectivity index (χ1n) is 7.32. The van der Waals surface area contributed by atoms with Crippen molar-refractivity contribution >= 4 is 30.0 Å². The molecule has 0 radical (unpaired) electrons. The monoisotopic (exact) mass is 355 g/mol. The van der Waals surface area contributed by atoms with Crippen LogP contribution >= 0.6 is 24.0 Å². The molecule has 2 aromatic rings. The van der Waals surface area contributed by atoms with Crippen molar-refractivity contribution in [1.82, 2.24) is 9.55 Å². The summed E-state index contributed by atoms with van der Waals surface area (Å²) >= 11 is 6.18. The number of halogens is 2. The van der Waals surface area contributed by atoms with Crippen LogP contribution in [0.15, 0.2) is 36.8 Å². The largest absolute Gasteiger partial charge is 0.481 e. The van der Waals surface area contributed by atoms with Gasteiger partial charge in [0.05, 0.1) is 22.7 Å². The minimum atomic E-state index is -0.859. The van der Waals surface area contributed by atoms with E-state index < -0.39 is 11.4 Å². The molecule has 23 heavy (non-hydrogen) atoms. The van der Waals surface area contributed by atoms with Crippen molar-refractivity contribution in [2.45, 2.75) is 24.7 Å². The van der Waals surface area contributed by atoms with Crippen molar-refractivity contribution < 1.29 is 9.90 Å². The van der Waals surface area contributed by atoms with Gasteiger partial charge in [0.1, 0.15) is 5.41 Å². The summed E-state index contributed by atoms with van der Waals surface area (Å²) in [6, 6.07) is 7.41. The van der Waals surface area contributed by atoms with E-state index in [0.29, 0.717) is 23.7 Å². The van der Waals surface area contributed by atoms with E-state index in [9.17, 15) is 9.90 Å². The number of aliphatic carboxylic acids is 1. The molecule has 1 aromatic heterocycles. The number of benzene rings is 1. The molecule has 0 bridgehead atoms. The number of aromatic nitrogens is 2. The molecule has 0 saturated heterocycles. The van der Waals surface area contributed by atoms with E-state index in [0.717, 1.165) is 18.5 Å². The van der Waals surface area contributed by atoms with Gasteiger partial charge in [-0.1, -0.05) is 23.7 Å². The van der Waals surface area contributed by atoms with E-state index >= 15 is 0 Å². The van der Waals surface area contributed by atoms with Crippen LogP contribution in [0.25, 0.3) is 5.69 Å². The van der Waals surface area contributed by atoms with E-state index in [1.807, 2.05) is 18.2 Å². The molecule has 1 heterocycles. The molecule has 2 atom stereocenters.